The summed E-state index contributed by atoms with van der Waals surface area (Å²) in [6.07, 6.45) is 4.40. The molecule has 1 N–H and O–H groups in total. The minimum absolute atomic E-state index is 0.237. The fourth-order valence-corrected chi connectivity index (χ4v) is 4.10. The lowest BCUT2D eigenvalue weighted by Crippen LogP contribution is -2.60. The number of nitriles is 2. The van der Waals surface area contributed by atoms with Gasteiger partial charge in [0.15, 0.2) is 0 Å². The molecular weight excluding hydrogens is 326 g/mol. The SMILES string of the molecule is CCCCC(CC)CC1(c2ccccc2)C(C#N)C(=O)NC(=O)C1C#N. The molecule has 3 atom stereocenters. The van der Waals surface area contributed by atoms with Crippen molar-refractivity contribution in [2.75, 3.05) is 0 Å². The second-order valence-electron chi connectivity index (χ2n) is 7.00. The van der Waals surface area contributed by atoms with Gasteiger partial charge in [-0.15, -0.1) is 0 Å². The zero-order chi connectivity index (χ0) is 19.2. The Balaban J connectivity index is 2.64. The minimum atomic E-state index is -1.11. The number of piperidine rings is 1. The molecule has 0 spiro atoms. The number of hydrogen-bond donors (Lipinski definition) is 1. The molecule has 5 nitrogen and oxygen atoms in total. The van der Waals surface area contributed by atoms with Crippen molar-refractivity contribution in [3.8, 4) is 12.1 Å². The average Bonchev–Trinajstić information content (AvgIpc) is 2.65. The van der Waals surface area contributed by atoms with E-state index >= 15 is 0 Å². The molecule has 3 unspecified atom stereocenters. The highest BCUT2D eigenvalue weighted by Gasteiger charge is 2.57. The van der Waals surface area contributed by atoms with Crippen LogP contribution >= 0.6 is 0 Å². The molecule has 1 saturated heterocycles. The first-order valence-corrected chi connectivity index (χ1v) is 9.24. The number of carbonyl (C=O) groups excluding carboxylic acids is 2. The maximum atomic E-state index is 12.5. The van der Waals surface area contributed by atoms with E-state index in [0.29, 0.717) is 6.42 Å². The van der Waals surface area contributed by atoms with E-state index in [4.69, 9.17) is 0 Å². The molecule has 0 saturated carbocycles. The van der Waals surface area contributed by atoms with Crippen molar-refractivity contribution in [3.63, 3.8) is 0 Å². The molecule has 2 rings (SSSR count). The number of nitrogens with one attached hydrogen (secondary N) is 1. The Hall–Kier alpha value is -2.66. The van der Waals surface area contributed by atoms with Gasteiger partial charge in [-0.2, -0.15) is 10.5 Å². The number of rotatable bonds is 7. The number of hydrogen-bond acceptors (Lipinski definition) is 4. The van der Waals surface area contributed by atoms with Gasteiger partial charge in [-0.3, -0.25) is 14.9 Å². The van der Waals surface area contributed by atoms with E-state index in [-0.39, 0.29) is 5.92 Å². The van der Waals surface area contributed by atoms with Crippen LogP contribution in [-0.4, -0.2) is 11.8 Å². The van der Waals surface area contributed by atoms with E-state index in [2.05, 4.69) is 31.3 Å². The Bertz CT molecular complexity index is 698. The summed E-state index contributed by atoms with van der Waals surface area (Å²) in [5, 5.41) is 21.8. The number of unbranched alkanes of at least 4 members (excludes halogenated alkanes) is 1. The number of amides is 2. The number of benzene rings is 1. The van der Waals surface area contributed by atoms with E-state index < -0.39 is 29.1 Å². The topological polar surface area (TPSA) is 93.8 Å². The van der Waals surface area contributed by atoms with E-state index in [0.717, 1.165) is 31.2 Å². The van der Waals surface area contributed by atoms with Crippen LogP contribution in [0.3, 0.4) is 0 Å². The lowest BCUT2D eigenvalue weighted by molar-refractivity contribution is -0.141. The quantitative estimate of drug-likeness (QED) is 0.761. The third kappa shape index (κ3) is 3.48. The van der Waals surface area contributed by atoms with Gasteiger partial charge >= 0.3 is 0 Å². The highest BCUT2D eigenvalue weighted by Crippen LogP contribution is 2.48. The van der Waals surface area contributed by atoms with E-state index in [1.807, 2.05) is 30.3 Å². The van der Waals surface area contributed by atoms with Crippen LogP contribution in [-0.2, 0) is 15.0 Å². The van der Waals surface area contributed by atoms with E-state index in [9.17, 15) is 20.1 Å². The lowest BCUT2D eigenvalue weighted by Gasteiger charge is -2.45. The Morgan fingerprint density at radius 2 is 1.65 bits per heavy atom. The predicted molar refractivity (Wildman–Crippen MR) is 97.4 cm³/mol. The summed E-state index contributed by atoms with van der Waals surface area (Å²) in [7, 11) is 0. The number of nitrogens with zero attached hydrogens (tertiary/aromatic N) is 2. The Morgan fingerprint density at radius 3 is 2.12 bits per heavy atom. The fraction of sp³-hybridized carbons (Fsp3) is 0.524. The standard InChI is InChI=1S/C21H25N3O2/c1-3-5-9-15(4-2)12-21(16-10-7-6-8-11-16)17(13-22)19(25)24-20(26)18(21)14-23/h6-8,10-11,15,17-18H,3-5,9,12H2,1-2H3,(H,24,25,26). The van der Waals surface area contributed by atoms with Crippen molar-refractivity contribution >= 4 is 11.8 Å². The molecule has 1 aromatic rings. The Morgan fingerprint density at radius 1 is 1.08 bits per heavy atom. The fourth-order valence-electron chi connectivity index (χ4n) is 4.10. The zero-order valence-corrected chi connectivity index (χ0v) is 15.4. The van der Waals surface area contributed by atoms with Crippen LogP contribution in [0.1, 0.15) is 51.5 Å². The van der Waals surface area contributed by atoms with E-state index in [1.165, 1.54) is 0 Å². The third-order valence-corrected chi connectivity index (χ3v) is 5.54. The van der Waals surface area contributed by atoms with Crippen LogP contribution < -0.4 is 5.32 Å². The summed E-state index contributed by atoms with van der Waals surface area (Å²) in [6, 6.07) is 13.3. The largest absolute Gasteiger partial charge is 0.294 e. The van der Waals surface area contributed by atoms with Gasteiger partial charge in [0.2, 0.25) is 11.8 Å². The second kappa shape index (κ2) is 8.63. The second-order valence-corrected chi connectivity index (χ2v) is 7.00. The number of carbonyl (C=O) groups is 2. The molecule has 26 heavy (non-hydrogen) atoms. The number of imide groups is 1. The van der Waals surface area contributed by atoms with Crippen LogP contribution in [0.2, 0.25) is 0 Å². The lowest BCUT2D eigenvalue weighted by atomic mass is 9.56. The van der Waals surface area contributed by atoms with Crippen LogP contribution in [0.4, 0.5) is 0 Å². The molecule has 136 valence electrons. The van der Waals surface area contributed by atoms with Crippen molar-refractivity contribution < 1.29 is 9.59 Å². The maximum absolute atomic E-state index is 12.5. The van der Waals surface area contributed by atoms with E-state index in [1.54, 1.807) is 0 Å². The summed E-state index contributed by atoms with van der Waals surface area (Å²) < 4.78 is 0. The van der Waals surface area contributed by atoms with Gasteiger partial charge < -0.3 is 0 Å². The molecule has 0 aromatic heterocycles. The maximum Gasteiger partial charge on any atom is 0.244 e. The van der Waals surface area contributed by atoms with Gasteiger partial charge in [-0.25, -0.2) is 0 Å². The molecule has 0 aliphatic carbocycles. The van der Waals surface area contributed by atoms with Crippen LogP contribution in [0.25, 0.3) is 0 Å². The van der Waals surface area contributed by atoms with Crippen molar-refractivity contribution in [1.82, 2.24) is 5.32 Å². The molecule has 1 fully saturated rings. The first-order valence-electron chi connectivity index (χ1n) is 9.24. The van der Waals surface area contributed by atoms with Crippen LogP contribution in [0, 0.1) is 40.4 Å². The van der Waals surface area contributed by atoms with Gasteiger partial charge in [-0.05, 0) is 17.9 Å². The molecule has 0 radical (unpaired) electrons. The Labute approximate surface area is 155 Å². The highest BCUT2D eigenvalue weighted by atomic mass is 16.2. The molecule has 0 bridgehead atoms. The van der Waals surface area contributed by atoms with Gasteiger partial charge in [-0.1, -0.05) is 69.9 Å². The summed E-state index contributed by atoms with van der Waals surface area (Å²) >= 11 is 0. The summed E-state index contributed by atoms with van der Waals surface area (Å²) in [6.45, 7) is 4.19. The van der Waals surface area contributed by atoms with Crippen molar-refractivity contribution in [2.45, 2.75) is 51.4 Å². The third-order valence-electron chi connectivity index (χ3n) is 5.54. The minimum Gasteiger partial charge on any atom is -0.294 e. The predicted octanol–water partition coefficient (Wildman–Crippen LogP) is 3.47. The first-order chi connectivity index (χ1) is 12.5. The molecule has 1 heterocycles. The monoisotopic (exact) mass is 351 g/mol. The first kappa shape index (κ1) is 19.7. The van der Waals surface area contributed by atoms with Gasteiger partial charge in [0.05, 0.1) is 12.1 Å². The summed E-state index contributed by atoms with van der Waals surface area (Å²) in [5.41, 5.74) is -0.394. The summed E-state index contributed by atoms with van der Waals surface area (Å²) in [4.78, 5) is 25.0. The van der Waals surface area contributed by atoms with Gasteiger partial charge in [0.25, 0.3) is 0 Å². The zero-order valence-electron chi connectivity index (χ0n) is 15.4. The smallest absolute Gasteiger partial charge is 0.244 e. The van der Waals surface area contributed by atoms with Crippen LogP contribution in [0.5, 0.6) is 0 Å². The Kier molecular flexibility index (Phi) is 6.52. The molecule has 1 aromatic carbocycles. The molecule has 2 amide bonds. The molecular formula is C21H25N3O2. The van der Waals surface area contributed by atoms with Gasteiger partial charge in [0, 0.05) is 5.41 Å². The normalized spacial score (nSPS) is 26.5. The van der Waals surface area contributed by atoms with Gasteiger partial charge in [0.1, 0.15) is 11.8 Å². The van der Waals surface area contributed by atoms with Crippen LogP contribution in [0.15, 0.2) is 30.3 Å². The highest BCUT2D eigenvalue weighted by molar-refractivity contribution is 6.04. The molecule has 1 aliphatic rings. The average molecular weight is 351 g/mol. The van der Waals surface area contributed by atoms with Crippen molar-refractivity contribution in [2.24, 2.45) is 17.8 Å². The molecule has 1 aliphatic heterocycles. The van der Waals surface area contributed by atoms with Crippen molar-refractivity contribution in [3.05, 3.63) is 35.9 Å². The van der Waals surface area contributed by atoms with Crippen molar-refractivity contribution in [1.29, 1.82) is 10.5 Å². The summed E-state index contributed by atoms with van der Waals surface area (Å²) in [5.74, 6) is -3.09. The molecule has 5 heteroatoms.